The smallest absolute Gasteiger partial charge is 0.342 e. The Labute approximate surface area is 228 Å². The Morgan fingerprint density at radius 2 is 1.76 bits per heavy atom. The van der Waals surface area contributed by atoms with Crippen molar-refractivity contribution in [2.24, 2.45) is 0 Å². The monoisotopic (exact) mass is 552 g/mol. The van der Waals surface area contributed by atoms with Gasteiger partial charge in [-0.15, -0.1) is 0 Å². The van der Waals surface area contributed by atoms with E-state index < -0.39 is 11.9 Å². The predicted octanol–water partition coefficient (Wildman–Crippen LogP) is 6.98. The van der Waals surface area contributed by atoms with Gasteiger partial charge in [0.05, 0.1) is 27.0 Å². The molecule has 0 bridgehead atoms. The quantitative estimate of drug-likeness (QED) is 0.240. The van der Waals surface area contributed by atoms with Gasteiger partial charge in [-0.3, -0.25) is 4.79 Å². The molecule has 194 valence electrons. The van der Waals surface area contributed by atoms with Crippen LogP contribution in [0.25, 0.3) is 11.3 Å². The minimum absolute atomic E-state index is 0.127. The fourth-order valence-corrected chi connectivity index (χ4v) is 4.89. The van der Waals surface area contributed by atoms with Crippen molar-refractivity contribution >= 4 is 40.8 Å². The van der Waals surface area contributed by atoms with Gasteiger partial charge < -0.3 is 15.7 Å². The fraction of sp³-hybridized carbons (Fsp3) is 0.179. The highest BCUT2D eigenvalue weighted by Gasteiger charge is 2.27. The van der Waals surface area contributed by atoms with Crippen LogP contribution in [0.3, 0.4) is 0 Å². The lowest BCUT2D eigenvalue weighted by Gasteiger charge is -2.25. The largest absolute Gasteiger partial charge is 0.507 e. The first-order valence-corrected chi connectivity index (χ1v) is 12.8. The van der Waals surface area contributed by atoms with Crippen molar-refractivity contribution < 1.29 is 19.1 Å². The second-order valence-corrected chi connectivity index (χ2v) is 9.88. The first kappa shape index (κ1) is 25.8. The second kappa shape index (κ2) is 10.8. The van der Waals surface area contributed by atoms with Gasteiger partial charge in [-0.1, -0.05) is 47.8 Å². The van der Waals surface area contributed by atoms with Gasteiger partial charge in [-0.2, -0.15) is 9.78 Å². The summed E-state index contributed by atoms with van der Waals surface area (Å²) in [5, 5.41) is 21.1. The Hall–Kier alpha value is -3.88. The molecule has 2 amide bonds. The van der Waals surface area contributed by atoms with Crippen molar-refractivity contribution in [3.63, 3.8) is 0 Å². The van der Waals surface area contributed by atoms with Crippen molar-refractivity contribution in [1.29, 1.82) is 0 Å². The van der Waals surface area contributed by atoms with Gasteiger partial charge in [-0.25, -0.2) is 9.18 Å². The highest BCUT2D eigenvalue weighted by atomic mass is 35.5. The van der Waals surface area contributed by atoms with Crippen LogP contribution < -0.4 is 10.6 Å². The molecule has 4 aromatic rings. The highest BCUT2D eigenvalue weighted by Crippen LogP contribution is 2.39. The van der Waals surface area contributed by atoms with E-state index in [1.165, 1.54) is 22.9 Å². The van der Waals surface area contributed by atoms with Crippen LogP contribution in [0.15, 0.2) is 66.7 Å². The fourth-order valence-electron chi connectivity index (χ4n) is 4.32. The number of benzene rings is 3. The first-order valence-electron chi connectivity index (χ1n) is 12.0. The molecular formula is C28H23Cl2FN4O3. The second-order valence-electron chi connectivity index (χ2n) is 9.07. The van der Waals surface area contributed by atoms with Crippen molar-refractivity contribution in [2.75, 3.05) is 5.32 Å². The summed E-state index contributed by atoms with van der Waals surface area (Å²) in [5.74, 6) is -0.840. The first-order chi connectivity index (χ1) is 18.3. The zero-order valence-corrected chi connectivity index (χ0v) is 21.6. The summed E-state index contributed by atoms with van der Waals surface area (Å²) in [7, 11) is 0. The third-order valence-electron chi connectivity index (χ3n) is 6.51. The average Bonchev–Trinajstić information content (AvgIpc) is 3.26. The lowest BCUT2D eigenvalue weighted by Crippen LogP contribution is -2.31. The molecule has 0 atom stereocenters. The molecule has 1 fully saturated rings. The van der Waals surface area contributed by atoms with Gasteiger partial charge in [0.2, 0.25) is 0 Å². The van der Waals surface area contributed by atoms with Gasteiger partial charge in [0.25, 0.3) is 5.91 Å². The SMILES string of the molecule is O=C(Nc1ccc(-c2cc(C3CCC3)n(C(=O)NCc3cccc(F)c3)n2)c(O)c1)c1c(Cl)cccc1Cl. The number of carbonyl (C=O) groups excluding carboxylic acids is 2. The van der Waals surface area contributed by atoms with Gasteiger partial charge in [0.15, 0.2) is 0 Å². The van der Waals surface area contributed by atoms with Gasteiger partial charge in [-0.05, 0) is 60.9 Å². The molecule has 3 N–H and O–H groups in total. The highest BCUT2D eigenvalue weighted by molar-refractivity contribution is 6.40. The van der Waals surface area contributed by atoms with Crippen molar-refractivity contribution in [1.82, 2.24) is 15.1 Å². The number of phenols is 1. The summed E-state index contributed by atoms with van der Waals surface area (Å²) in [5.41, 5.74) is 2.65. The van der Waals surface area contributed by atoms with Crippen molar-refractivity contribution in [2.45, 2.75) is 31.7 Å². The Bertz CT molecular complexity index is 1510. The van der Waals surface area contributed by atoms with Crippen LogP contribution in [0.2, 0.25) is 10.0 Å². The Morgan fingerprint density at radius 3 is 2.42 bits per heavy atom. The minimum atomic E-state index is -0.515. The van der Waals surface area contributed by atoms with E-state index in [-0.39, 0.29) is 39.6 Å². The van der Waals surface area contributed by atoms with E-state index in [1.807, 2.05) is 0 Å². The van der Waals surface area contributed by atoms with Crippen LogP contribution in [0.1, 0.15) is 46.8 Å². The summed E-state index contributed by atoms with van der Waals surface area (Å²) >= 11 is 12.2. The lowest BCUT2D eigenvalue weighted by atomic mass is 9.82. The molecule has 1 heterocycles. The topological polar surface area (TPSA) is 96.3 Å². The number of hydrogen-bond donors (Lipinski definition) is 3. The summed E-state index contributed by atoms with van der Waals surface area (Å²) in [4.78, 5) is 25.7. The molecule has 38 heavy (non-hydrogen) atoms. The number of nitrogens with one attached hydrogen (secondary N) is 2. The number of anilines is 1. The van der Waals surface area contributed by atoms with Gasteiger partial charge in [0, 0.05) is 29.8 Å². The number of nitrogens with zero attached hydrogens (tertiary/aromatic N) is 2. The van der Waals surface area contributed by atoms with E-state index in [1.54, 1.807) is 48.5 Å². The van der Waals surface area contributed by atoms with Crippen molar-refractivity contribution in [3.8, 4) is 17.0 Å². The maximum absolute atomic E-state index is 13.5. The zero-order valence-electron chi connectivity index (χ0n) is 20.0. The number of rotatable bonds is 6. The van der Waals surface area contributed by atoms with Crippen LogP contribution in [-0.4, -0.2) is 26.8 Å². The van der Waals surface area contributed by atoms with E-state index in [0.717, 1.165) is 25.0 Å². The summed E-state index contributed by atoms with van der Waals surface area (Å²) in [6, 6.07) is 16.7. The summed E-state index contributed by atoms with van der Waals surface area (Å²) < 4.78 is 14.8. The molecule has 0 spiro atoms. The molecule has 1 aliphatic carbocycles. The third kappa shape index (κ3) is 5.37. The van der Waals surface area contributed by atoms with Gasteiger partial charge >= 0.3 is 6.03 Å². The minimum Gasteiger partial charge on any atom is -0.507 e. The van der Waals surface area contributed by atoms with Crippen LogP contribution in [0.5, 0.6) is 5.75 Å². The molecule has 0 saturated heterocycles. The third-order valence-corrected chi connectivity index (χ3v) is 7.14. The maximum atomic E-state index is 13.5. The number of amides is 2. The zero-order chi connectivity index (χ0) is 26.8. The Balaban J connectivity index is 1.37. The molecule has 0 aliphatic heterocycles. The molecule has 0 unspecified atom stereocenters. The van der Waals surface area contributed by atoms with E-state index in [9.17, 15) is 19.1 Å². The number of aromatic hydroxyl groups is 1. The Morgan fingerprint density at radius 1 is 1.03 bits per heavy atom. The van der Waals surface area contributed by atoms with Crippen LogP contribution in [0, 0.1) is 5.82 Å². The van der Waals surface area contributed by atoms with E-state index >= 15 is 0 Å². The number of aromatic nitrogens is 2. The number of halogens is 3. The van der Waals surface area contributed by atoms with Crippen molar-refractivity contribution in [3.05, 3.63) is 99.4 Å². The van der Waals surface area contributed by atoms with Crippen LogP contribution >= 0.6 is 23.2 Å². The summed E-state index contributed by atoms with van der Waals surface area (Å²) in [6.07, 6.45) is 2.93. The molecule has 1 aromatic heterocycles. The van der Waals surface area contributed by atoms with E-state index in [2.05, 4.69) is 15.7 Å². The molecular weight excluding hydrogens is 530 g/mol. The van der Waals surface area contributed by atoms with E-state index in [0.29, 0.717) is 22.5 Å². The molecule has 1 saturated carbocycles. The van der Waals surface area contributed by atoms with Crippen LogP contribution in [-0.2, 0) is 6.54 Å². The molecule has 0 radical (unpaired) electrons. The summed E-state index contributed by atoms with van der Waals surface area (Å²) in [6.45, 7) is 0.144. The molecule has 10 heteroatoms. The molecule has 5 rings (SSSR count). The number of phenolic OH excluding ortho intramolecular Hbond substituents is 1. The Kier molecular flexibility index (Phi) is 7.35. The lowest BCUT2D eigenvalue weighted by molar-refractivity contribution is 0.102. The number of carbonyl (C=O) groups is 2. The number of hydrogen-bond acceptors (Lipinski definition) is 4. The average molecular weight is 553 g/mol. The van der Waals surface area contributed by atoms with E-state index in [4.69, 9.17) is 23.2 Å². The predicted molar refractivity (Wildman–Crippen MR) is 144 cm³/mol. The molecule has 3 aromatic carbocycles. The maximum Gasteiger partial charge on any atom is 0.342 e. The molecule has 1 aliphatic rings. The van der Waals surface area contributed by atoms with Gasteiger partial charge in [0.1, 0.15) is 11.6 Å². The normalized spacial score (nSPS) is 13.1. The van der Waals surface area contributed by atoms with Crippen LogP contribution in [0.4, 0.5) is 14.9 Å². The molecule has 7 nitrogen and oxygen atoms in total. The standard InChI is InChI=1S/C28H23Cl2FN4O3/c29-21-8-3-9-22(30)26(21)27(37)33-19-10-11-20(25(36)13-19)23-14-24(17-5-2-6-17)35(34-23)28(38)32-15-16-4-1-7-18(31)12-16/h1,3-4,7-14,17,36H,2,5-6,15H2,(H,32,38)(H,33,37).